The van der Waals surface area contributed by atoms with Crippen molar-refractivity contribution in [3.63, 3.8) is 0 Å². The van der Waals surface area contributed by atoms with Crippen LogP contribution >= 0.6 is 0 Å². The van der Waals surface area contributed by atoms with Gasteiger partial charge in [0.05, 0.1) is 11.4 Å². The molecule has 1 aliphatic rings. The molecule has 0 fully saturated rings. The first kappa shape index (κ1) is 10.1. The molecule has 3 heteroatoms. The van der Waals surface area contributed by atoms with Crippen LogP contribution in [0.1, 0.15) is 0 Å². The van der Waals surface area contributed by atoms with Gasteiger partial charge in [0.2, 0.25) is 0 Å². The van der Waals surface area contributed by atoms with Gasteiger partial charge in [0, 0.05) is 18.8 Å². The molecule has 2 aromatic rings. The lowest BCUT2D eigenvalue weighted by molar-refractivity contribution is 0.627. The summed E-state index contributed by atoms with van der Waals surface area (Å²) in [6, 6.07) is 14.9. The molecule has 0 unspecified atom stereocenters. The van der Waals surface area contributed by atoms with Crippen LogP contribution in [-0.4, -0.2) is 13.1 Å². The quantitative estimate of drug-likeness (QED) is 0.804. The molecule has 0 amide bonds. The summed E-state index contributed by atoms with van der Waals surface area (Å²) in [6.45, 7) is 1.72. The maximum atomic E-state index is 13.3. The predicted molar refractivity (Wildman–Crippen MR) is 68.3 cm³/mol. The molecule has 86 valence electrons. The van der Waals surface area contributed by atoms with Gasteiger partial charge < -0.3 is 10.2 Å². The van der Waals surface area contributed by atoms with Crippen molar-refractivity contribution >= 4 is 17.1 Å². The Kier molecular flexibility index (Phi) is 2.44. The largest absolute Gasteiger partial charge is 0.382 e. The average Bonchev–Trinajstić information content (AvgIpc) is 2.39. The van der Waals surface area contributed by atoms with Gasteiger partial charge in [0.15, 0.2) is 0 Å². The lowest BCUT2D eigenvalue weighted by Gasteiger charge is -2.32. The number of hydrogen-bond acceptors (Lipinski definition) is 2. The fourth-order valence-corrected chi connectivity index (χ4v) is 2.18. The van der Waals surface area contributed by atoms with Crippen molar-refractivity contribution in [3.05, 3.63) is 54.3 Å². The molecule has 0 aliphatic carbocycles. The number of nitrogens with one attached hydrogen (secondary N) is 1. The van der Waals surface area contributed by atoms with Crippen molar-refractivity contribution in [2.45, 2.75) is 0 Å². The average molecular weight is 228 g/mol. The van der Waals surface area contributed by atoms with Crippen LogP contribution in [0.25, 0.3) is 0 Å². The molecule has 0 radical (unpaired) electrons. The lowest BCUT2D eigenvalue weighted by atomic mass is 10.1. The highest BCUT2D eigenvalue weighted by Gasteiger charge is 2.17. The Balaban J connectivity index is 2.08. The van der Waals surface area contributed by atoms with E-state index in [1.807, 2.05) is 30.3 Å². The van der Waals surface area contributed by atoms with Crippen molar-refractivity contribution in [2.24, 2.45) is 0 Å². The minimum absolute atomic E-state index is 0.201. The summed E-state index contributed by atoms with van der Waals surface area (Å²) in [6.07, 6.45) is 0. The Labute approximate surface area is 99.7 Å². The Bertz CT molecular complexity index is 525. The number of rotatable bonds is 1. The smallest absolute Gasteiger partial charge is 0.125 e. The van der Waals surface area contributed by atoms with Gasteiger partial charge >= 0.3 is 0 Å². The fraction of sp³-hybridized carbons (Fsp3) is 0.143. The van der Waals surface area contributed by atoms with E-state index in [4.69, 9.17) is 0 Å². The molecule has 0 aromatic heterocycles. The van der Waals surface area contributed by atoms with Crippen LogP contribution in [0.5, 0.6) is 0 Å². The molecule has 1 aliphatic heterocycles. The Morgan fingerprint density at radius 3 is 2.71 bits per heavy atom. The van der Waals surface area contributed by atoms with Crippen LogP contribution in [0.4, 0.5) is 21.5 Å². The van der Waals surface area contributed by atoms with Crippen LogP contribution in [0.15, 0.2) is 48.5 Å². The number of anilines is 3. The van der Waals surface area contributed by atoms with Crippen LogP contribution < -0.4 is 10.2 Å². The SMILES string of the molecule is Fc1ccc2c(c1)N(c1ccccc1)CCN2. The van der Waals surface area contributed by atoms with E-state index in [0.29, 0.717) is 0 Å². The van der Waals surface area contributed by atoms with Gasteiger partial charge in [-0.2, -0.15) is 0 Å². The Morgan fingerprint density at radius 1 is 1.06 bits per heavy atom. The number of nitrogens with zero attached hydrogens (tertiary/aromatic N) is 1. The molecule has 0 saturated carbocycles. The standard InChI is InChI=1S/C14H13FN2/c15-11-6-7-13-14(10-11)17(9-8-16-13)12-4-2-1-3-5-12/h1-7,10,16H,8-9H2. The van der Waals surface area contributed by atoms with E-state index < -0.39 is 0 Å². The van der Waals surface area contributed by atoms with E-state index in [-0.39, 0.29) is 5.82 Å². The predicted octanol–water partition coefficient (Wildman–Crippen LogP) is 3.39. The lowest BCUT2D eigenvalue weighted by Crippen LogP contribution is -2.30. The third-order valence-electron chi connectivity index (χ3n) is 2.97. The highest BCUT2D eigenvalue weighted by Crippen LogP contribution is 2.34. The second-order valence-corrected chi connectivity index (χ2v) is 4.08. The maximum absolute atomic E-state index is 13.3. The molecule has 0 atom stereocenters. The molecule has 17 heavy (non-hydrogen) atoms. The monoisotopic (exact) mass is 228 g/mol. The molecule has 1 heterocycles. The first-order chi connectivity index (χ1) is 8.34. The fourth-order valence-electron chi connectivity index (χ4n) is 2.18. The molecular weight excluding hydrogens is 215 g/mol. The molecule has 2 aromatic carbocycles. The van der Waals surface area contributed by atoms with Crippen molar-refractivity contribution in [2.75, 3.05) is 23.3 Å². The number of fused-ring (bicyclic) bond motifs is 1. The summed E-state index contributed by atoms with van der Waals surface area (Å²) >= 11 is 0. The Hall–Kier alpha value is -2.03. The number of halogens is 1. The molecule has 2 nitrogen and oxygen atoms in total. The van der Waals surface area contributed by atoms with Gasteiger partial charge in [-0.05, 0) is 30.3 Å². The number of para-hydroxylation sites is 1. The first-order valence-electron chi connectivity index (χ1n) is 5.70. The zero-order valence-electron chi connectivity index (χ0n) is 9.36. The molecule has 3 rings (SSSR count). The minimum Gasteiger partial charge on any atom is -0.382 e. The Morgan fingerprint density at radius 2 is 1.88 bits per heavy atom. The molecule has 0 spiro atoms. The van der Waals surface area contributed by atoms with E-state index in [0.717, 1.165) is 30.2 Å². The summed E-state index contributed by atoms with van der Waals surface area (Å²) in [5, 5.41) is 3.28. The molecule has 0 bridgehead atoms. The van der Waals surface area contributed by atoms with Gasteiger partial charge in [0.1, 0.15) is 5.82 Å². The van der Waals surface area contributed by atoms with E-state index in [1.165, 1.54) is 6.07 Å². The van der Waals surface area contributed by atoms with Gasteiger partial charge in [-0.25, -0.2) is 4.39 Å². The van der Waals surface area contributed by atoms with E-state index in [1.54, 1.807) is 12.1 Å². The van der Waals surface area contributed by atoms with Crippen molar-refractivity contribution in [1.82, 2.24) is 0 Å². The van der Waals surface area contributed by atoms with Gasteiger partial charge in [0.25, 0.3) is 0 Å². The summed E-state index contributed by atoms with van der Waals surface area (Å²) in [5.74, 6) is -0.201. The molecular formula is C14H13FN2. The third-order valence-corrected chi connectivity index (χ3v) is 2.97. The van der Waals surface area contributed by atoms with Crippen LogP contribution in [0.2, 0.25) is 0 Å². The second-order valence-electron chi connectivity index (χ2n) is 4.08. The van der Waals surface area contributed by atoms with Crippen molar-refractivity contribution in [1.29, 1.82) is 0 Å². The summed E-state index contributed by atoms with van der Waals surface area (Å²) in [4.78, 5) is 2.13. The topological polar surface area (TPSA) is 15.3 Å². The molecule has 1 N–H and O–H groups in total. The number of benzene rings is 2. The summed E-state index contributed by atoms with van der Waals surface area (Å²) < 4.78 is 13.3. The van der Waals surface area contributed by atoms with E-state index in [2.05, 4.69) is 10.2 Å². The van der Waals surface area contributed by atoms with Crippen LogP contribution in [0, 0.1) is 5.82 Å². The van der Waals surface area contributed by atoms with Gasteiger partial charge in [-0.1, -0.05) is 18.2 Å². The van der Waals surface area contributed by atoms with Crippen LogP contribution in [0.3, 0.4) is 0 Å². The van der Waals surface area contributed by atoms with Crippen molar-refractivity contribution in [3.8, 4) is 0 Å². The van der Waals surface area contributed by atoms with Crippen molar-refractivity contribution < 1.29 is 4.39 Å². The number of hydrogen-bond donors (Lipinski definition) is 1. The summed E-state index contributed by atoms with van der Waals surface area (Å²) in [5.41, 5.74) is 2.99. The minimum atomic E-state index is -0.201. The highest BCUT2D eigenvalue weighted by atomic mass is 19.1. The zero-order chi connectivity index (χ0) is 11.7. The van der Waals surface area contributed by atoms with E-state index in [9.17, 15) is 4.39 Å². The molecule has 0 saturated heterocycles. The highest BCUT2D eigenvalue weighted by molar-refractivity contribution is 5.78. The maximum Gasteiger partial charge on any atom is 0.125 e. The van der Waals surface area contributed by atoms with Crippen LogP contribution in [-0.2, 0) is 0 Å². The first-order valence-corrected chi connectivity index (χ1v) is 5.70. The van der Waals surface area contributed by atoms with E-state index >= 15 is 0 Å². The second kappa shape index (κ2) is 4.09. The summed E-state index contributed by atoms with van der Waals surface area (Å²) in [7, 11) is 0. The van der Waals surface area contributed by atoms with Gasteiger partial charge in [-0.3, -0.25) is 0 Å². The zero-order valence-corrected chi connectivity index (χ0v) is 9.36. The normalized spacial score (nSPS) is 14.1. The van der Waals surface area contributed by atoms with Gasteiger partial charge in [-0.15, -0.1) is 0 Å². The third kappa shape index (κ3) is 1.84.